The molecule has 0 bridgehead atoms. The minimum Gasteiger partial charge on any atom is -0.332 e. The van der Waals surface area contributed by atoms with E-state index in [4.69, 9.17) is 4.52 Å². The predicted octanol–water partition coefficient (Wildman–Crippen LogP) is 2.71. The molecule has 1 aromatic carbocycles. The van der Waals surface area contributed by atoms with Crippen molar-refractivity contribution in [3.63, 3.8) is 0 Å². The number of para-hydroxylation sites is 1. The van der Waals surface area contributed by atoms with Gasteiger partial charge in [0.15, 0.2) is 5.82 Å². The van der Waals surface area contributed by atoms with Gasteiger partial charge < -0.3 is 9.84 Å². The first-order valence-corrected chi connectivity index (χ1v) is 6.83. The zero-order valence-electron chi connectivity index (χ0n) is 10.9. The number of benzene rings is 1. The number of fused-ring (bicyclic) bond motifs is 1. The van der Waals surface area contributed by atoms with Crippen molar-refractivity contribution in [2.24, 2.45) is 0 Å². The normalized spacial score (nSPS) is 18.7. The highest BCUT2D eigenvalue weighted by molar-refractivity contribution is 5.80. The van der Waals surface area contributed by atoms with Crippen LogP contribution in [-0.2, 0) is 0 Å². The van der Waals surface area contributed by atoms with Crippen molar-refractivity contribution in [3.8, 4) is 11.6 Å². The molecule has 4 rings (SSSR count). The predicted molar refractivity (Wildman–Crippen MR) is 75.0 cm³/mol. The average molecular weight is 266 g/mol. The molecule has 20 heavy (non-hydrogen) atoms. The van der Waals surface area contributed by atoms with E-state index in [0.717, 1.165) is 41.8 Å². The molecule has 100 valence electrons. The number of nitrogens with zero attached hydrogens (tertiary/aromatic N) is 3. The molecule has 3 aromatic rings. The van der Waals surface area contributed by atoms with Crippen LogP contribution >= 0.6 is 0 Å². The van der Waals surface area contributed by atoms with E-state index in [1.54, 1.807) is 0 Å². The van der Waals surface area contributed by atoms with Gasteiger partial charge in [0.1, 0.15) is 5.69 Å². The monoisotopic (exact) mass is 266 g/mol. The first kappa shape index (κ1) is 11.5. The van der Waals surface area contributed by atoms with Crippen LogP contribution < -0.4 is 5.32 Å². The highest BCUT2D eigenvalue weighted by atomic mass is 16.5. The van der Waals surface area contributed by atoms with Gasteiger partial charge in [-0.05, 0) is 31.5 Å². The van der Waals surface area contributed by atoms with E-state index in [1.807, 2.05) is 36.4 Å². The molecule has 1 atom stereocenters. The summed E-state index contributed by atoms with van der Waals surface area (Å²) >= 11 is 0. The van der Waals surface area contributed by atoms with E-state index < -0.39 is 0 Å². The molecule has 0 saturated carbocycles. The van der Waals surface area contributed by atoms with Gasteiger partial charge in [-0.2, -0.15) is 4.98 Å². The molecule has 1 fully saturated rings. The Morgan fingerprint density at radius 1 is 1.10 bits per heavy atom. The Bertz CT molecular complexity index is 746. The molecule has 0 radical (unpaired) electrons. The molecule has 3 heterocycles. The van der Waals surface area contributed by atoms with Crippen LogP contribution in [0.2, 0.25) is 0 Å². The molecule has 0 spiro atoms. The third-order valence-electron chi connectivity index (χ3n) is 3.63. The van der Waals surface area contributed by atoms with E-state index in [0.29, 0.717) is 5.89 Å². The van der Waals surface area contributed by atoms with Crippen LogP contribution in [0.1, 0.15) is 24.7 Å². The molecule has 1 aliphatic rings. The SMILES string of the molecule is c1ccc2nc(-c3nc(C4CCCN4)no3)ccc2c1. The maximum Gasteiger partial charge on any atom is 0.276 e. The van der Waals surface area contributed by atoms with Crippen LogP contribution in [0.5, 0.6) is 0 Å². The highest BCUT2D eigenvalue weighted by Gasteiger charge is 2.22. The third kappa shape index (κ3) is 1.96. The van der Waals surface area contributed by atoms with E-state index >= 15 is 0 Å². The Labute approximate surface area is 116 Å². The van der Waals surface area contributed by atoms with Crippen LogP contribution in [0.3, 0.4) is 0 Å². The van der Waals surface area contributed by atoms with Gasteiger partial charge in [-0.1, -0.05) is 29.4 Å². The minimum atomic E-state index is 0.216. The van der Waals surface area contributed by atoms with Gasteiger partial charge in [0.25, 0.3) is 5.89 Å². The van der Waals surface area contributed by atoms with Gasteiger partial charge in [0.05, 0.1) is 11.6 Å². The smallest absolute Gasteiger partial charge is 0.276 e. The molecule has 1 aliphatic heterocycles. The Kier molecular flexibility index (Phi) is 2.70. The van der Waals surface area contributed by atoms with Gasteiger partial charge >= 0.3 is 0 Å². The summed E-state index contributed by atoms with van der Waals surface area (Å²) in [4.78, 5) is 9.04. The van der Waals surface area contributed by atoms with Crippen molar-refractivity contribution >= 4 is 10.9 Å². The Balaban J connectivity index is 1.71. The number of aromatic nitrogens is 3. The fourth-order valence-corrected chi connectivity index (χ4v) is 2.57. The molecule has 5 nitrogen and oxygen atoms in total. The number of nitrogens with one attached hydrogen (secondary N) is 1. The molecule has 0 aliphatic carbocycles. The summed E-state index contributed by atoms with van der Waals surface area (Å²) in [6.07, 6.45) is 2.22. The van der Waals surface area contributed by atoms with Crippen molar-refractivity contribution < 1.29 is 4.52 Å². The van der Waals surface area contributed by atoms with Crippen molar-refractivity contribution in [2.75, 3.05) is 6.54 Å². The molecule has 1 unspecified atom stereocenters. The average Bonchev–Trinajstić information content (AvgIpc) is 3.17. The number of pyridine rings is 1. The lowest BCUT2D eigenvalue weighted by Gasteiger charge is -2.01. The Morgan fingerprint density at radius 2 is 2.05 bits per heavy atom. The van der Waals surface area contributed by atoms with Crippen LogP contribution in [0, 0.1) is 0 Å². The van der Waals surface area contributed by atoms with Crippen molar-refractivity contribution in [1.29, 1.82) is 0 Å². The lowest BCUT2D eigenvalue weighted by Crippen LogP contribution is -2.14. The second kappa shape index (κ2) is 4.68. The number of hydrogen-bond donors (Lipinski definition) is 1. The largest absolute Gasteiger partial charge is 0.332 e. The van der Waals surface area contributed by atoms with Gasteiger partial charge in [-0.25, -0.2) is 4.98 Å². The molecule has 1 saturated heterocycles. The van der Waals surface area contributed by atoms with Crippen molar-refractivity contribution in [2.45, 2.75) is 18.9 Å². The van der Waals surface area contributed by atoms with Crippen LogP contribution in [-0.4, -0.2) is 21.7 Å². The molecule has 2 aromatic heterocycles. The second-order valence-corrected chi connectivity index (χ2v) is 5.00. The fraction of sp³-hybridized carbons (Fsp3) is 0.267. The summed E-state index contributed by atoms with van der Waals surface area (Å²) in [5.74, 6) is 1.21. The third-order valence-corrected chi connectivity index (χ3v) is 3.63. The zero-order chi connectivity index (χ0) is 13.4. The van der Waals surface area contributed by atoms with E-state index in [9.17, 15) is 0 Å². The second-order valence-electron chi connectivity index (χ2n) is 5.00. The minimum absolute atomic E-state index is 0.216. The van der Waals surface area contributed by atoms with E-state index in [2.05, 4.69) is 20.4 Å². The zero-order valence-corrected chi connectivity index (χ0v) is 10.9. The maximum absolute atomic E-state index is 5.35. The number of rotatable bonds is 2. The lowest BCUT2D eigenvalue weighted by atomic mass is 10.2. The van der Waals surface area contributed by atoms with Crippen LogP contribution in [0.4, 0.5) is 0 Å². The highest BCUT2D eigenvalue weighted by Crippen LogP contribution is 2.24. The van der Waals surface area contributed by atoms with Crippen molar-refractivity contribution in [1.82, 2.24) is 20.4 Å². The molecule has 0 amide bonds. The maximum atomic E-state index is 5.35. The molecular weight excluding hydrogens is 252 g/mol. The summed E-state index contributed by atoms with van der Waals surface area (Å²) < 4.78 is 5.35. The fourth-order valence-electron chi connectivity index (χ4n) is 2.57. The lowest BCUT2D eigenvalue weighted by molar-refractivity contribution is 0.411. The first-order chi connectivity index (χ1) is 9.90. The molecule has 1 N–H and O–H groups in total. The first-order valence-electron chi connectivity index (χ1n) is 6.83. The molecular formula is C15H14N4O. The van der Waals surface area contributed by atoms with Gasteiger partial charge in [0, 0.05) is 5.39 Å². The summed E-state index contributed by atoms with van der Waals surface area (Å²) in [6.45, 7) is 1.02. The van der Waals surface area contributed by atoms with E-state index in [1.165, 1.54) is 0 Å². The van der Waals surface area contributed by atoms with Gasteiger partial charge in [-0.3, -0.25) is 0 Å². The van der Waals surface area contributed by atoms with E-state index in [-0.39, 0.29) is 6.04 Å². The summed E-state index contributed by atoms with van der Waals surface area (Å²) in [6, 6.07) is 12.1. The number of hydrogen-bond acceptors (Lipinski definition) is 5. The topological polar surface area (TPSA) is 63.8 Å². The summed E-state index contributed by atoms with van der Waals surface area (Å²) in [5.41, 5.74) is 1.66. The van der Waals surface area contributed by atoms with Gasteiger partial charge in [-0.15, -0.1) is 0 Å². The Hall–Kier alpha value is -2.27. The quantitative estimate of drug-likeness (QED) is 0.772. The standard InChI is InChI=1S/C15H14N4O/c1-2-5-11-10(4-1)7-8-13(17-11)15-18-14(19-20-15)12-6-3-9-16-12/h1-2,4-5,7-8,12,16H,3,6,9H2. The van der Waals surface area contributed by atoms with Crippen LogP contribution in [0.15, 0.2) is 40.9 Å². The summed E-state index contributed by atoms with van der Waals surface area (Å²) in [7, 11) is 0. The van der Waals surface area contributed by atoms with Crippen LogP contribution in [0.25, 0.3) is 22.5 Å². The molecule has 5 heteroatoms. The Morgan fingerprint density at radius 3 is 2.95 bits per heavy atom. The van der Waals surface area contributed by atoms with Gasteiger partial charge in [0.2, 0.25) is 0 Å². The summed E-state index contributed by atoms with van der Waals surface area (Å²) in [5, 5.41) is 8.53. The van der Waals surface area contributed by atoms with Crippen molar-refractivity contribution in [3.05, 3.63) is 42.2 Å².